The summed E-state index contributed by atoms with van der Waals surface area (Å²) in [6.45, 7) is 0. The molecule has 9 rings (SSSR count). The first-order chi connectivity index (χ1) is 19.8. The minimum Gasteiger partial charge on any atom is -0.324 e. The number of hydrogen-bond donors (Lipinski definition) is 2. The van der Waals surface area contributed by atoms with E-state index in [0.717, 1.165) is 43.8 Å². The Hall–Kier alpha value is -3.76. The fourth-order valence-corrected chi connectivity index (χ4v) is 5.59. The van der Waals surface area contributed by atoms with Crippen LogP contribution in [0.25, 0.3) is 89.7 Å². The molecular formula is C32H20N8Na2. The van der Waals surface area contributed by atoms with Gasteiger partial charge in [-0.1, -0.05) is 97.1 Å². The van der Waals surface area contributed by atoms with E-state index in [1.54, 1.807) is 0 Å². The topological polar surface area (TPSA) is 109 Å². The van der Waals surface area contributed by atoms with Crippen molar-refractivity contribution >= 4 is 103 Å². The summed E-state index contributed by atoms with van der Waals surface area (Å²) in [6, 6.07) is 32.2. The minimum atomic E-state index is 0. The molecular weight excluding hydrogens is 542 g/mol. The summed E-state index contributed by atoms with van der Waals surface area (Å²) < 4.78 is 0. The standard InChI is InChI=1S/C32H18N8.2Na.2H/c1-2-10-18-17(9-1)25-33-26(18)38-28-21-13-5-6-14-22(21)30(35-28)40-32-24-16-8-7-15-23(24)31(36-32)39-29-20-12-4-3-11-19(20)27(34-29)37-25;;;;/h1-16H,(H2,33,34,35,36,37,38,39,40);;;;. The first kappa shape index (κ1) is 27.1. The molecule has 0 aliphatic carbocycles. The van der Waals surface area contributed by atoms with Crippen molar-refractivity contribution in [2.75, 3.05) is 0 Å². The van der Waals surface area contributed by atoms with Gasteiger partial charge in [0.1, 0.15) is 22.6 Å². The van der Waals surface area contributed by atoms with E-state index >= 15 is 0 Å². The molecule has 42 heavy (non-hydrogen) atoms. The van der Waals surface area contributed by atoms with Crippen molar-refractivity contribution in [1.82, 2.24) is 39.9 Å². The average molecular weight is 563 g/mol. The number of fused-ring (bicyclic) bond motifs is 20. The van der Waals surface area contributed by atoms with Crippen LogP contribution in [0.15, 0.2) is 97.1 Å². The summed E-state index contributed by atoms with van der Waals surface area (Å²) in [5.41, 5.74) is 6.45. The van der Waals surface area contributed by atoms with Crippen molar-refractivity contribution in [3.8, 4) is 45.6 Å². The summed E-state index contributed by atoms with van der Waals surface area (Å²) in [5, 5.41) is 3.82. The van der Waals surface area contributed by atoms with Gasteiger partial charge in [-0.2, -0.15) is 0 Å². The summed E-state index contributed by atoms with van der Waals surface area (Å²) in [4.78, 5) is 36.8. The number of benzene rings is 4. The molecule has 2 aliphatic heterocycles. The number of rotatable bonds is 0. The van der Waals surface area contributed by atoms with Crippen molar-refractivity contribution in [3.63, 3.8) is 0 Å². The van der Waals surface area contributed by atoms with Gasteiger partial charge in [0.25, 0.3) is 0 Å². The largest absolute Gasteiger partial charge is 0.324 e. The van der Waals surface area contributed by atoms with E-state index in [1.165, 1.54) is 0 Å². The van der Waals surface area contributed by atoms with E-state index < -0.39 is 0 Å². The van der Waals surface area contributed by atoms with Crippen LogP contribution >= 0.6 is 0 Å². The molecule has 5 heterocycles. The van der Waals surface area contributed by atoms with E-state index in [1.807, 2.05) is 97.1 Å². The molecule has 0 spiro atoms. The maximum Gasteiger partial charge on any atom is 0.164 e. The zero-order chi connectivity index (χ0) is 26.2. The molecule has 0 atom stereocenters. The van der Waals surface area contributed by atoms with Gasteiger partial charge < -0.3 is 9.97 Å². The molecule has 0 saturated carbocycles. The third kappa shape index (κ3) is 4.14. The molecule has 2 N–H and O–H groups in total. The summed E-state index contributed by atoms with van der Waals surface area (Å²) in [5.74, 6) is 2.39. The SMILES string of the molecule is [NaH].[NaH].c1ccc2c(c1)-c1nc-2nc2[nH]c(nc3nc(nc4[nH]c(n1)c1ccccc41)-c1ccccc1-3)c1ccccc21. The normalized spacial score (nSPS) is 11.4. The van der Waals surface area contributed by atoms with Crippen molar-refractivity contribution in [2.45, 2.75) is 0 Å². The van der Waals surface area contributed by atoms with E-state index in [-0.39, 0.29) is 59.1 Å². The minimum absolute atomic E-state index is 0. The maximum absolute atomic E-state index is 5.02. The second kappa shape index (κ2) is 10.5. The van der Waals surface area contributed by atoms with E-state index in [0.29, 0.717) is 45.9 Å². The molecule has 190 valence electrons. The Morgan fingerprint density at radius 3 is 0.810 bits per heavy atom. The van der Waals surface area contributed by atoms with Gasteiger partial charge in [-0.25, -0.2) is 29.9 Å². The average Bonchev–Trinajstić information content (AvgIpc) is 3.73. The van der Waals surface area contributed by atoms with Crippen LogP contribution in [0.2, 0.25) is 0 Å². The van der Waals surface area contributed by atoms with E-state index in [2.05, 4.69) is 9.97 Å². The number of hydrogen-bond acceptors (Lipinski definition) is 6. The van der Waals surface area contributed by atoms with Crippen LogP contribution in [0, 0.1) is 0 Å². The third-order valence-corrected chi connectivity index (χ3v) is 7.46. The predicted octanol–water partition coefficient (Wildman–Crippen LogP) is 5.57. The Morgan fingerprint density at radius 1 is 0.310 bits per heavy atom. The maximum atomic E-state index is 5.02. The molecule has 0 radical (unpaired) electrons. The second-order valence-corrected chi connectivity index (χ2v) is 9.79. The molecule has 7 aromatic rings. The van der Waals surface area contributed by atoms with Crippen LogP contribution in [-0.4, -0.2) is 99.0 Å². The Kier molecular flexibility index (Phi) is 6.78. The fourth-order valence-electron chi connectivity index (χ4n) is 5.59. The van der Waals surface area contributed by atoms with Crippen molar-refractivity contribution in [1.29, 1.82) is 0 Å². The van der Waals surface area contributed by atoms with Crippen LogP contribution in [-0.2, 0) is 0 Å². The van der Waals surface area contributed by atoms with Gasteiger partial charge >= 0.3 is 59.1 Å². The monoisotopic (exact) mass is 562 g/mol. The molecule has 0 unspecified atom stereocenters. The van der Waals surface area contributed by atoms with Gasteiger partial charge in [0.2, 0.25) is 0 Å². The Bertz CT molecular complexity index is 2040. The van der Waals surface area contributed by atoms with Crippen LogP contribution < -0.4 is 0 Å². The number of aromatic nitrogens is 8. The van der Waals surface area contributed by atoms with Gasteiger partial charge in [-0.3, -0.25) is 0 Å². The third-order valence-electron chi connectivity index (χ3n) is 7.46. The number of aromatic amines is 2. The van der Waals surface area contributed by atoms with Gasteiger partial charge in [0.15, 0.2) is 23.3 Å². The van der Waals surface area contributed by atoms with Crippen LogP contribution in [0.4, 0.5) is 0 Å². The molecule has 0 fully saturated rings. The molecule has 2 aliphatic rings. The van der Waals surface area contributed by atoms with E-state index in [4.69, 9.17) is 29.9 Å². The van der Waals surface area contributed by atoms with Crippen molar-refractivity contribution in [3.05, 3.63) is 97.1 Å². The van der Waals surface area contributed by atoms with Crippen LogP contribution in [0.5, 0.6) is 0 Å². The first-order valence-corrected chi connectivity index (χ1v) is 13.0. The Morgan fingerprint density at radius 2 is 0.548 bits per heavy atom. The Labute approximate surface area is 283 Å². The van der Waals surface area contributed by atoms with Gasteiger partial charge in [0.05, 0.1) is 0 Å². The fraction of sp³-hybridized carbons (Fsp3) is 0. The smallest absolute Gasteiger partial charge is 0.164 e. The van der Waals surface area contributed by atoms with Gasteiger partial charge in [-0.15, -0.1) is 0 Å². The summed E-state index contributed by atoms with van der Waals surface area (Å²) >= 11 is 0. The quantitative estimate of drug-likeness (QED) is 0.234. The second-order valence-electron chi connectivity index (χ2n) is 9.79. The zero-order valence-electron chi connectivity index (χ0n) is 20.9. The Balaban J connectivity index is 0.00000144. The van der Waals surface area contributed by atoms with Gasteiger partial charge in [-0.05, 0) is 0 Å². The van der Waals surface area contributed by atoms with Crippen LogP contribution in [0.1, 0.15) is 0 Å². The molecule has 10 heteroatoms. The predicted molar refractivity (Wildman–Crippen MR) is 170 cm³/mol. The molecule has 3 aromatic heterocycles. The number of nitrogens with one attached hydrogen (secondary N) is 2. The molecule has 0 saturated heterocycles. The number of H-pyrrole nitrogens is 2. The zero-order valence-corrected chi connectivity index (χ0v) is 20.9. The number of nitrogens with zero attached hydrogens (tertiary/aromatic N) is 6. The van der Waals surface area contributed by atoms with Crippen molar-refractivity contribution in [2.24, 2.45) is 0 Å². The van der Waals surface area contributed by atoms with E-state index in [9.17, 15) is 0 Å². The summed E-state index contributed by atoms with van der Waals surface area (Å²) in [6.07, 6.45) is 0. The molecule has 8 bridgehead atoms. The van der Waals surface area contributed by atoms with Gasteiger partial charge in [0, 0.05) is 43.8 Å². The first-order valence-electron chi connectivity index (χ1n) is 13.0. The molecule has 4 aromatic carbocycles. The summed E-state index contributed by atoms with van der Waals surface area (Å²) in [7, 11) is 0. The molecule has 8 nitrogen and oxygen atoms in total. The van der Waals surface area contributed by atoms with Crippen LogP contribution in [0.3, 0.4) is 0 Å². The molecule has 0 amide bonds. The van der Waals surface area contributed by atoms with Crippen molar-refractivity contribution < 1.29 is 0 Å².